The first-order valence-electron chi connectivity index (χ1n) is 17.2. The number of aromatic nitrogens is 1. The topological polar surface area (TPSA) is 106 Å². The first-order chi connectivity index (χ1) is 23.3. The lowest BCUT2D eigenvalue weighted by Crippen LogP contribution is -2.55. The highest BCUT2D eigenvalue weighted by atomic mass is 16.2. The number of carbonyl (C=O) groups is 4. The molecule has 10 nitrogen and oxygen atoms in total. The summed E-state index contributed by atoms with van der Waals surface area (Å²) in [4.78, 5) is 63.9. The predicted octanol–water partition coefficient (Wildman–Crippen LogP) is 3.71. The normalized spacial score (nSPS) is 18.1. The number of nitrogens with one attached hydrogen (secondary N) is 1. The Bertz CT molecular complexity index is 1600. The molecular weight excluding hydrogens is 604 g/mol. The van der Waals surface area contributed by atoms with Gasteiger partial charge < -0.3 is 20.0 Å². The van der Waals surface area contributed by atoms with Crippen LogP contribution < -0.4 is 5.32 Å². The van der Waals surface area contributed by atoms with Gasteiger partial charge in [0, 0.05) is 95.0 Å². The van der Waals surface area contributed by atoms with Crippen molar-refractivity contribution in [1.29, 1.82) is 0 Å². The summed E-state index contributed by atoms with van der Waals surface area (Å²) in [6.07, 6.45) is 3.71. The van der Waals surface area contributed by atoms with Gasteiger partial charge in [0.15, 0.2) is 0 Å². The number of piperidine rings is 2. The van der Waals surface area contributed by atoms with Crippen molar-refractivity contribution in [2.24, 2.45) is 5.92 Å². The van der Waals surface area contributed by atoms with Gasteiger partial charge in [-0.2, -0.15) is 0 Å². The first-order valence-corrected chi connectivity index (χ1v) is 17.2. The highest BCUT2D eigenvalue weighted by Gasteiger charge is 2.34. The van der Waals surface area contributed by atoms with Gasteiger partial charge in [-0.15, -0.1) is 0 Å². The van der Waals surface area contributed by atoms with Crippen molar-refractivity contribution in [1.82, 2.24) is 29.9 Å². The quantitative estimate of drug-likeness (QED) is 0.418. The molecule has 1 aromatic heterocycles. The maximum atomic E-state index is 14.0. The van der Waals surface area contributed by atoms with Gasteiger partial charge in [-0.1, -0.05) is 54.6 Å². The second-order valence-electron chi connectivity index (χ2n) is 13.2. The molecule has 1 N–H and O–H groups in total. The van der Waals surface area contributed by atoms with Crippen molar-refractivity contribution in [3.63, 3.8) is 0 Å². The molecule has 3 aromatic rings. The molecule has 10 heteroatoms. The molecule has 3 fully saturated rings. The Morgan fingerprint density at radius 2 is 1.29 bits per heavy atom. The van der Waals surface area contributed by atoms with Crippen LogP contribution in [0.15, 0.2) is 66.7 Å². The van der Waals surface area contributed by atoms with E-state index < -0.39 is 0 Å². The van der Waals surface area contributed by atoms with Crippen LogP contribution in [0.5, 0.6) is 0 Å². The van der Waals surface area contributed by atoms with Crippen molar-refractivity contribution in [3.05, 3.63) is 77.9 Å². The van der Waals surface area contributed by atoms with Crippen LogP contribution >= 0.6 is 0 Å². The molecule has 0 atom stereocenters. The number of benzene rings is 2. The van der Waals surface area contributed by atoms with Gasteiger partial charge in [0.1, 0.15) is 0 Å². The van der Waals surface area contributed by atoms with E-state index in [1.54, 1.807) is 14.0 Å². The zero-order valence-electron chi connectivity index (χ0n) is 28.1. The van der Waals surface area contributed by atoms with Crippen molar-refractivity contribution >= 4 is 23.6 Å². The molecule has 48 heavy (non-hydrogen) atoms. The molecule has 0 aliphatic carbocycles. The van der Waals surface area contributed by atoms with Crippen LogP contribution in [0.4, 0.5) is 0 Å². The van der Waals surface area contributed by atoms with Crippen molar-refractivity contribution in [2.75, 3.05) is 59.4 Å². The number of nitrogens with zero attached hydrogens (tertiary/aromatic N) is 5. The molecule has 4 amide bonds. The lowest BCUT2D eigenvalue weighted by Gasteiger charge is -2.43. The van der Waals surface area contributed by atoms with E-state index in [9.17, 15) is 19.2 Å². The van der Waals surface area contributed by atoms with Gasteiger partial charge in [0.05, 0.1) is 17.8 Å². The van der Waals surface area contributed by atoms with Crippen LogP contribution in [-0.4, -0.2) is 114 Å². The fourth-order valence-electron chi connectivity index (χ4n) is 7.25. The van der Waals surface area contributed by atoms with E-state index in [0.29, 0.717) is 44.2 Å². The number of amides is 4. The van der Waals surface area contributed by atoms with E-state index in [4.69, 9.17) is 4.98 Å². The minimum absolute atomic E-state index is 0.00274. The standard InChI is InChI=1S/C38H46N6O4/c1-27(45)41-16-12-31(13-17-41)37(47)43-18-14-33(15-19-43)42-20-22-44(23-21-42)38(48)32-25-34(29-6-4-3-5-7-29)40-35(26-32)30-10-8-28(9-11-30)24-36(46)39-2/h3-11,25-26,31,33H,12-24H2,1-2H3,(H,39,46). The minimum atomic E-state index is -0.0423. The average Bonchev–Trinajstić information content (AvgIpc) is 3.15. The summed E-state index contributed by atoms with van der Waals surface area (Å²) in [6, 6.07) is 21.9. The van der Waals surface area contributed by atoms with Crippen LogP contribution in [-0.2, 0) is 20.8 Å². The number of carbonyl (C=O) groups excluding carboxylic acids is 4. The molecular formula is C38H46N6O4. The van der Waals surface area contributed by atoms with Gasteiger partial charge in [0.2, 0.25) is 17.7 Å². The molecule has 4 heterocycles. The van der Waals surface area contributed by atoms with Crippen LogP contribution in [0.2, 0.25) is 0 Å². The Morgan fingerprint density at radius 3 is 1.88 bits per heavy atom. The average molecular weight is 651 g/mol. The summed E-state index contributed by atoms with van der Waals surface area (Å²) in [5, 5.41) is 2.66. The molecule has 0 unspecified atom stereocenters. The van der Waals surface area contributed by atoms with E-state index in [1.165, 1.54) is 0 Å². The third kappa shape index (κ3) is 7.76. The Balaban J connectivity index is 1.07. The highest BCUT2D eigenvalue weighted by molar-refractivity contribution is 5.96. The number of rotatable bonds is 7. The van der Waals surface area contributed by atoms with Crippen molar-refractivity contribution in [2.45, 2.75) is 45.1 Å². The fourth-order valence-corrected chi connectivity index (χ4v) is 7.25. The molecule has 3 aliphatic heterocycles. The minimum Gasteiger partial charge on any atom is -0.359 e. The summed E-state index contributed by atoms with van der Waals surface area (Å²) in [5.74, 6) is 0.324. The lowest BCUT2D eigenvalue weighted by atomic mass is 9.93. The van der Waals surface area contributed by atoms with E-state index in [0.717, 1.165) is 79.9 Å². The van der Waals surface area contributed by atoms with E-state index in [-0.39, 0.29) is 29.5 Å². The smallest absolute Gasteiger partial charge is 0.254 e. The molecule has 0 spiro atoms. The van der Waals surface area contributed by atoms with Gasteiger partial charge in [0.25, 0.3) is 5.91 Å². The summed E-state index contributed by atoms with van der Waals surface area (Å²) < 4.78 is 0. The molecule has 252 valence electrons. The Labute approximate surface area is 283 Å². The van der Waals surface area contributed by atoms with Gasteiger partial charge in [-0.25, -0.2) is 4.98 Å². The second kappa shape index (κ2) is 15.1. The van der Waals surface area contributed by atoms with Crippen LogP contribution in [0.1, 0.15) is 48.5 Å². The van der Waals surface area contributed by atoms with E-state index in [2.05, 4.69) is 10.2 Å². The monoisotopic (exact) mass is 650 g/mol. The van der Waals surface area contributed by atoms with E-state index in [1.807, 2.05) is 81.4 Å². The Kier molecular flexibility index (Phi) is 10.5. The van der Waals surface area contributed by atoms with Gasteiger partial charge in [-0.3, -0.25) is 24.1 Å². The number of pyridine rings is 1. The first kappa shape index (κ1) is 33.3. The van der Waals surface area contributed by atoms with E-state index >= 15 is 0 Å². The summed E-state index contributed by atoms with van der Waals surface area (Å²) in [7, 11) is 1.63. The third-order valence-corrected chi connectivity index (χ3v) is 10.2. The van der Waals surface area contributed by atoms with Crippen LogP contribution in [0.25, 0.3) is 22.5 Å². The molecule has 6 rings (SSSR count). The Hall–Kier alpha value is -4.57. The third-order valence-electron chi connectivity index (χ3n) is 10.2. The second-order valence-corrected chi connectivity index (χ2v) is 13.2. The molecule has 0 radical (unpaired) electrons. The molecule has 0 bridgehead atoms. The van der Waals surface area contributed by atoms with Crippen LogP contribution in [0, 0.1) is 5.92 Å². The van der Waals surface area contributed by atoms with Crippen LogP contribution in [0.3, 0.4) is 0 Å². The van der Waals surface area contributed by atoms with Crippen molar-refractivity contribution < 1.29 is 19.2 Å². The number of hydrogen-bond acceptors (Lipinski definition) is 6. The SMILES string of the molecule is CNC(=O)Cc1ccc(-c2cc(C(=O)N3CCN(C4CCN(C(=O)C5CCN(C(C)=O)CC5)CC4)CC3)cc(-c3ccccc3)n2)cc1. The van der Waals surface area contributed by atoms with Gasteiger partial charge in [-0.05, 0) is 43.4 Å². The molecule has 3 aliphatic rings. The number of piperazine rings is 1. The number of hydrogen-bond donors (Lipinski definition) is 1. The predicted molar refractivity (Wildman–Crippen MR) is 185 cm³/mol. The number of likely N-dealkylation sites (tertiary alicyclic amines) is 2. The highest BCUT2D eigenvalue weighted by Crippen LogP contribution is 2.28. The maximum absolute atomic E-state index is 14.0. The van der Waals surface area contributed by atoms with Crippen molar-refractivity contribution in [3.8, 4) is 22.5 Å². The maximum Gasteiger partial charge on any atom is 0.254 e. The summed E-state index contributed by atoms with van der Waals surface area (Å²) in [5.41, 5.74) is 4.82. The summed E-state index contributed by atoms with van der Waals surface area (Å²) >= 11 is 0. The zero-order chi connectivity index (χ0) is 33.6. The lowest BCUT2D eigenvalue weighted by molar-refractivity contribution is -0.141. The number of likely N-dealkylation sites (N-methyl/N-ethyl adjacent to an activating group) is 1. The fraction of sp³-hybridized carbons (Fsp3) is 0.447. The largest absolute Gasteiger partial charge is 0.359 e. The van der Waals surface area contributed by atoms with Gasteiger partial charge >= 0.3 is 0 Å². The molecule has 2 aromatic carbocycles. The molecule has 0 saturated carbocycles. The summed E-state index contributed by atoms with van der Waals surface area (Å²) in [6.45, 7) is 7.40. The Morgan fingerprint density at radius 1 is 0.708 bits per heavy atom. The zero-order valence-corrected chi connectivity index (χ0v) is 28.1. The molecule has 3 saturated heterocycles.